The van der Waals surface area contributed by atoms with Crippen molar-refractivity contribution >= 4 is 23.1 Å². The van der Waals surface area contributed by atoms with Gasteiger partial charge in [0.2, 0.25) is 5.95 Å². The van der Waals surface area contributed by atoms with E-state index in [2.05, 4.69) is 74.0 Å². The number of anilines is 4. The lowest BCUT2D eigenvalue weighted by molar-refractivity contribution is 0.578. The lowest BCUT2D eigenvalue weighted by atomic mass is 10.1. The van der Waals surface area contributed by atoms with Gasteiger partial charge in [-0.3, -0.25) is 0 Å². The molecule has 0 amide bonds. The highest BCUT2D eigenvalue weighted by Crippen LogP contribution is 2.23. The van der Waals surface area contributed by atoms with Crippen molar-refractivity contribution in [2.75, 3.05) is 35.2 Å². The number of aryl methyl sites for hydroxylation is 1. The van der Waals surface area contributed by atoms with Gasteiger partial charge in [0.15, 0.2) is 0 Å². The summed E-state index contributed by atoms with van der Waals surface area (Å²) in [6, 6.07) is 21.1. The summed E-state index contributed by atoms with van der Waals surface area (Å²) in [5.74, 6) is 1.47. The van der Waals surface area contributed by atoms with Gasteiger partial charge in [-0.2, -0.15) is 4.98 Å². The van der Waals surface area contributed by atoms with Gasteiger partial charge in [0.1, 0.15) is 5.82 Å². The van der Waals surface area contributed by atoms with Gasteiger partial charge in [0.05, 0.1) is 0 Å². The number of hydrogen-bond donors (Lipinski definition) is 2. The Bertz CT molecular complexity index is 902. The molecule has 0 radical (unpaired) electrons. The Hall–Kier alpha value is -3.08. The summed E-state index contributed by atoms with van der Waals surface area (Å²) in [6.45, 7) is 5.12. The molecule has 0 aliphatic carbocycles. The van der Waals surface area contributed by atoms with Crippen molar-refractivity contribution in [2.45, 2.75) is 32.6 Å². The van der Waals surface area contributed by atoms with E-state index < -0.39 is 0 Å². The predicted molar refractivity (Wildman–Crippen MR) is 121 cm³/mol. The van der Waals surface area contributed by atoms with Crippen LogP contribution < -0.4 is 15.5 Å². The molecule has 2 N–H and O–H groups in total. The normalized spacial score (nSPS) is 13.9. The molecular weight excluding hydrogens is 358 g/mol. The zero-order valence-corrected chi connectivity index (χ0v) is 17.1. The second-order valence-corrected chi connectivity index (χ2v) is 7.60. The van der Waals surface area contributed by atoms with E-state index in [0.717, 1.165) is 43.3 Å². The van der Waals surface area contributed by atoms with Crippen LogP contribution in [0.1, 0.15) is 30.5 Å². The van der Waals surface area contributed by atoms with Crippen molar-refractivity contribution in [1.29, 1.82) is 0 Å². The Morgan fingerprint density at radius 3 is 2.41 bits per heavy atom. The molecule has 1 fully saturated rings. The summed E-state index contributed by atoms with van der Waals surface area (Å²) in [7, 11) is 0. The molecule has 1 saturated heterocycles. The second kappa shape index (κ2) is 9.41. The average molecular weight is 388 g/mol. The minimum absolute atomic E-state index is 0.661. The molecule has 1 aliphatic rings. The number of piperidine rings is 1. The molecule has 0 spiro atoms. The summed E-state index contributed by atoms with van der Waals surface area (Å²) >= 11 is 0. The number of hydrogen-bond acceptors (Lipinski definition) is 5. The van der Waals surface area contributed by atoms with Crippen molar-refractivity contribution in [3.63, 3.8) is 0 Å². The zero-order valence-electron chi connectivity index (χ0n) is 17.1. The topological polar surface area (TPSA) is 53.1 Å². The van der Waals surface area contributed by atoms with Crippen molar-refractivity contribution in [2.24, 2.45) is 0 Å². The standard InChI is InChI=1S/C24H29N5/c1-19-18-23(28-24(26-19)25-15-14-20-8-4-2-5-9-20)27-21-10-12-22(13-11-21)29-16-6-3-7-17-29/h2,4-5,8-13,18H,3,6-7,14-17H2,1H3,(H2,25,26,27,28). The smallest absolute Gasteiger partial charge is 0.224 e. The quantitative estimate of drug-likeness (QED) is 0.585. The Morgan fingerprint density at radius 1 is 0.897 bits per heavy atom. The molecule has 5 heteroatoms. The molecule has 3 aromatic rings. The molecule has 4 rings (SSSR count). The first kappa shape index (κ1) is 19.2. The molecule has 1 aromatic heterocycles. The van der Waals surface area contributed by atoms with Crippen LogP contribution in [0.4, 0.5) is 23.1 Å². The van der Waals surface area contributed by atoms with Crippen LogP contribution in [-0.4, -0.2) is 29.6 Å². The fourth-order valence-electron chi connectivity index (χ4n) is 3.73. The lowest BCUT2D eigenvalue weighted by Gasteiger charge is -2.28. The number of nitrogens with one attached hydrogen (secondary N) is 2. The van der Waals surface area contributed by atoms with E-state index in [1.54, 1.807) is 0 Å². The number of aromatic nitrogens is 2. The largest absolute Gasteiger partial charge is 0.372 e. The van der Waals surface area contributed by atoms with E-state index in [1.165, 1.54) is 30.5 Å². The van der Waals surface area contributed by atoms with Crippen LogP contribution in [0.5, 0.6) is 0 Å². The SMILES string of the molecule is Cc1cc(Nc2ccc(N3CCCCC3)cc2)nc(NCCc2ccccc2)n1. The summed E-state index contributed by atoms with van der Waals surface area (Å²) in [6.07, 6.45) is 4.88. The van der Waals surface area contributed by atoms with E-state index >= 15 is 0 Å². The van der Waals surface area contributed by atoms with Crippen molar-refractivity contribution in [1.82, 2.24) is 9.97 Å². The van der Waals surface area contributed by atoms with Gasteiger partial charge >= 0.3 is 0 Å². The van der Waals surface area contributed by atoms with Crippen LogP contribution in [-0.2, 0) is 6.42 Å². The molecule has 5 nitrogen and oxygen atoms in total. The third-order valence-corrected chi connectivity index (χ3v) is 5.25. The Kier molecular flexibility index (Phi) is 6.25. The van der Waals surface area contributed by atoms with Crippen LogP contribution in [0.2, 0.25) is 0 Å². The monoisotopic (exact) mass is 387 g/mol. The minimum Gasteiger partial charge on any atom is -0.372 e. The minimum atomic E-state index is 0.661. The second-order valence-electron chi connectivity index (χ2n) is 7.60. The number of nitrogens with zero attached hydrogens (tertiary/aromatic N) is 3. The molecule has 0 atom stereocenters. The summed E-state index contributed by atoms with van der Waals surface area (Å²) < 4.78 is 0. The van der Waals surface area contributed by atoms with Crippen molar-refractivity contribution in [3.05, 3.63) is 71.9 Å². The number of rotatable bonds is 7. The predicted octanol–water partition coefficient (Wildman–Crippen LogP) is 5.17. The molecule has 1 aliphatic heterocycles. The lowest BCUT2D eigenvalue weighted by Crippen LogP contribution is -2.29. The number of benzene rings is 2. The van der Waals surface area contributed by atoms with E-state index in [1.807, 2.05) is 19.1 Å². The van der Waals surface area contributed by atoms with Crippen molar-refractivity contribution < 1.29 is 0 Å². The molecular formula is C24H29N5. The molecule has 0 saturated carbocycles. The van der Waals surface area contributed by atoms with Gasteiger partial charge in [-0.25, -0.2) is 4.98 Å². The first-order chi connectivity index (χ1) is 14.3. The molecule has 2 aromatic carbocycles. The highest BCUT2D eigenvalue weighted by atomic mass is 15.1. The van der Waals surface area contributed by atoms with Crippen LogP contribution in [0, 0.1) is 6.92 Å². The first-order valence-electron chi connectivity index (χ1n) is 10.5. The highest BCUT2D eigenvalue weighted by molar-refractivity contribution is 5.61. The maximum absolute atomic E-state index is 4.63. The van der Waals surface area contributed by atoms with Crippen LogP contribution >= 0.6 is 0 Å². The van der Waals surface area contributed by atoms with Gasteiger partial charge < -0.3 is 15.5 Å². The molecule has 150 valence electrons. The van der Waals surface area contributed by atoms with Crippen LogP contribution in [0.3, 0.4) is 0 Å². The highest BCUT2D eigenvalue weighted by Gasteiger charge is 2.10. The first-order valence-corrected chi connectivity index (χ1v) is 10.5. The van der Waals surface area contributed by atoms with Gasteiger partial charge in [0, 0.05) is 42.8 Å². The summed E-state index contributed by atoms with van der Waals surface area (Å²) in [4.78, 5) is 11.6. The Labute approximate surface area is 173 Å². The van der Waals surface area contributed by atoms with Gasteiger partial charge in [-0.05, 0) is 62.4 Å². The van der Waals surface area contributed by atoms with E-state index in [-0.39, 0.29) is 0 Å². The van der Waals surface area contributed by atoms with Crippen molar-refractivity contribution in [3.8, 4) is 0 Å². The maximum atomic E-state index is 4.63. The summed E-state index contributed by atoms with van der Waals surface area (Å²) in [5, 5.41) is 6.76. The van der Waals surface area contributed by atoms with E-state index in [9.17, 15) is 0 Å². The van der Waals surface area contributed by atoms with Crippen LogP contribution in [0.15, 0.2) is 60.7 Å². The molecule has 0 bridgehead atoms. The third-order valence-electron chi connectivity index (χ3n) is 5.25. The Balaban J connectivity index is 1.37. The fraction of sp³-hybridized carbons (Fsp3) is 0.333. The molecule has 0 unspecified atom stereocenters. The van der Waals surface area contributed by atoms with Gasteiger partial charge in [0.25, 0.3) is 0 Å². The van der Waals surface area contributed by atoms with Crippen LogP contribution in [0.25, 0.3) is 0 Å². The van der Waals surface area contributed by atoms with Gasteiger partial charge in [-0.15, -0.1) is 0 Å². The molecule has 29 heavy (non-hydrogen) atoms. The van der Waals surface area contributed by atoms with Gasteiger partial charge in [-0.1, -0.05) is 30.3 Å². The van der Waals surface area contributed by atoms with E-state index in [0.29, 0.717) is 5.95 Å². The molecule has 2 heterocycles. The Morgan fingerprint density at radius 2 is 1.66 bits per heavy atom. The third kappa shape index (κ3) is 5.47. The summed E-state index contributed by atoms with van der Waals surface area (Å²) in [5.41, 5.74) is 4.59. The average Bonchev–Trinajstić information content (AvgIpc) is 2.75. The maximum Gasteiger partial charge on any atom is 0.224 e. The van der Waals surface area contributed by atoms with E-state index in [4.69, 9.17) is 0 Å². The zero-order chi connectivity index (χ0) is 19.9. The fourth-order valence-corrected chi connectivity index (χ4v) is 3.73.